The van der Waals surface area contributed by atoms with Crippen molar-refractivity contribution >= 4 is 58.0 Å². The van der Waals surface area contributed by atoms with Crippen LogP contribution in [0, 0.1) is 0 Å². The third-order valence-corrected chi connectivity index (χ3v) is 4.79. The summed E-state index contributed by atoms with van der Waals surface area (Å²) in [6.45, 7) is 0.463. The predicted octanol–water partition coefficient (Wildman–Crippen LogP) is 5.80. The van der Waals surface area contributed by atoms with Crippen molar-refractivity contribution in [1.29, 1.82) is 0 Å². The van der Waals surface area contributed by atoms with Gasteiger partial charge in [-0.15, -0.1) is 0 Å². The zero-order valence-corrected chi connectivity index (χ0v) is 14.8. The van der Waals surface area contributed by atoms with Crippen molar-refractivity contribution in [2.45, 2.75) is 6.42 Å². The Morgan fingerprint density at radius 3 is 2.17 bits per heavy atom. The Labute approximate surface area is 154 Å². The van der Waals surface area contributed by atoms with Crippen LogP contribution in [-0.2, 0) is 6.42 Å². The minimum Gasteiger partial charge on any atom is -0.305 e. The molecule has 1 heterocycles. The average Bonchev–Trinajstić information content (AvgIpc) is 2.79. The zero-order chi connectivity index (χ0) is 16.6. The van der Waals surface area contributed by atoms with Gasteiger partial charge < -0.3 is 4.90 Å². The molecule has 0 fully saturated rings. The molecule has 1 aliphatic heterocycles. The van der Waals surface area contributed by atoms with Crippen molar-refractivity contribution in [3.63, 3.8) is 0 Å². The van der Waals surface area contributed by atoms with E-state index in [4.69, 9.17) is 46.4 Å². The molecular weight excluding hydrogens is 376 g/mol. The highest BCUT2D eigenvalue weighted by Crippen LogP contribution is 2.40. The first-order valence-corrected chi connectivity index (χ1v) is 8.40. The lowest BCUT2D eigenvalue weighted by Gasteiger charge is -2.18. The molecule has 0 aliphatic carbocycles. The highest BCUT2D eigenvalue weighted by atomic mass is 35.5. The highest BCUT2D eigenvalue weighted by Gasteiger charge is 2.34. The molecule has 2 aromatic rings. The molecule has 2 nitrogen and oxygen atoms in total. The van der Waals surface area contributed by atoms with E-state index in [0.29, 0.717) is 39.8 Å². The van der Waals surface area contributed by atoms with Gasteiger partial charge in [-0.2, -0.15) is 0 Å². The molecule has 1 aliphatic rings. The molecule has 0 saturated heterocycles. The van der Waals surface area contributed by atoms with E-state index in [0.717, 1.165) is 5.56 Å². The quantitative estimate of drug-likeness (QED) is 0.653. The van der Waals surface area contributed by atoms with Crippen molar-refractivity contribution in [3.05, 3.63) is 73.7 Å². The van der Waals surface area contributed by atoms with Gasteiger partial charge in [0.25, 0.3) is 5.91 Å². The Kier molecular flexibility index (Phi) is 4.88. The lowest BCUT2D eigenvalue weighted by molar-refractivity contribution is 0.0851. The number of carbonyl (C=O) groups is 1. The van der Waals surface area contributed by atoms with Crippen molar-refractivity contribution in [3.8, 4) is 0 Å². The van der Waals surface area contributed by atoms with Crippen molar-refractivity contribution in [2.75, 3.05) is 6.54 Å². The summed E-state index contributed by atoms with van der Waals surface area (Å²) in [7, 11) is 0. The van der Waals surface area contributed by atoms with E-state index in [1.54, 1.807) is 17.0 Å². The summed E-state index contributed by atoms with van der Waals surface area (Å²) < 4.78 is 0.0311. The van der Waals surface area contributed by atoms with E-state index < -0.39 is 0 Å². The number of halogens is 4. The standard InChI is InChI=1S/C17H11Cl4NO/c18-13-8-11-12(9-14(13)19)17(23)22(15(11)16(20)21)7-6-10-4-2-1-3-5-10/h1-5,8-9H,6-7H2. The summed E-state index contributed by atoms with van der Waals surface area (Å²) in [5.74, 6) is -0.178. The minimum atomic E-state index is -0.178. The van der Waals surface area contributed by atoms with Crippen LogP contribution in [0.5, 0.6) is 0 Å². The minimum absolute atomic E-state index is 0.0311. The topological polar surface area (TPSA) is 20.3 Å². The highest BCUT2D eigenvalue weighted by molar-refractivity contribution is 6.59. The molecule has 2 aromatic carbocycles. The van der Waals surface area contributed by atoms with Crippen LogP contribution in [0.25, 0.3) is 5.70 Å². The number of rotatable bonds is 3. The zero-order valence-electron chi connectivity index (χ0n) is 11.8. The Morgan fingerprint density at radius 1 is 0.957 bits per heavy atom. The monoisotopic (exact) mass is 385 g/mol. The first-order chi connectivity index (χ1) is 11.0. The Bertz CT molecular complexity index is 798. The molecular formula is C17H11Cl4NO. The predicted molar refractivity (Wildman–Crippen MR) is 96.3 cm³/mol. The van der Waals surface area contributed by atoms with Gasteiger partial charge in [0.2, 0.25) is 0 Å². The lowest BCUT2D eigenvalue weighted by atomic mass is 10.1. The largest absolute Gasteiger partial charge is 0.305 e. The van der Waals surface area contributed by atoms with E-state index in [1.165, 1.54) is 0 Å². The maximum atomic E-state index is 12.7. The van der Waals surface area contributed by atoms with Crippen molar-refractivity contribution in [2.24, 2.45) is 0 Å². The lowest BCUT2D eigenvalue weighted by Crippen LogP contribution is -2.25. The number of amides is 1. The maximum Gasteiger partial charge on any atom is 0.259 e. The maximum absolute atomic E-state index is 12.7. The normalized spacial score (nSPS) is 13.5. The molecule has 0 spiro atoms. The van der Waals surface area contributed by atoms with Crippen LogP contribution in [0.4, 0.5) is 0 Å². The van der Waals surface area contributed by atoms with Crippen LogP contribution >= 0.6 is 46.4 Å². The third kappa shape index (κ3) is 3.22. The molecule has 3 rings (SSSR count). The first kappa shape index (κ1) is 16.7. The summed E-state index contributed by atoms with van der Waals surface area (Å²) in [5.41, 5.74) is 2.67. The van der Waals surface area contributed by atoms with Crippen LogP contribution in [0.3, 0.4) is 0 Å². The molecule has 0 unspecified atom stereocenters. The number of nitrogens with zero attached hydrogens (tertiary/aromatic N) is 1. The van der Waals surface area contributed by atoms with Crippen LogP contribution in [0.15, 0.2) is 47.0 Å². The molecule has 23 heavy (non-hydrogen) atoms. The number of fused-ring (bicyclic) bond motifs is 1. The average molecular weight is 387 g/mol. The fourth-order valence-corrected chi connectivity index (χ4v) is 3.35. The molecule has 0 atom stereocenters. The van der Waals surface area contributed by atoms with Crippen LogP contribution in [-0.4, -0.2) is 17.4 Å². The molecule has 0 saturated carbocycles. The van der Waals surface area contributed by atoms with Gasteiger partial charge in [-0.25, -0.2) is 0 Å². The molecule has 0 bridgehead atoms. The van der Waals surface area contributed by atoms with Crippen molar-refractivity contribution < 1.29 is 4.79 Å². The molecule has 0 N–H and O–H groups in total. The summed E-state index contributed by atoms with van der Waals surface area (Å²) in [5, 5.41) is 0.684. The van der Waals surface area contributed by atoms with Crippen LogP contribution < -0.4 is 0 Å². The number of benzene rings is 2. The first-order valence-electron chi connectivity index (χ1n) is 6.89. The van der Waals surface area contributed by atoms with Crippen LogP contribution in [0.1, 0.15) is 21.5 Å². The number of hydrogen-bond acceptors (Lipinski definition) is 1. The van der Waals surface area contributed by atoms with Gasteiger partial charge in [0, 0.05) is 12.1 Å². The van der Waals surface area contributed by atoms with Gasteiger partial charge in [-0.05, 0) is 24.1 Å². The molecule has 0 aromatic heterocycles. The van der Waals surface area contributed by atoms with Gasteiger partial charge in [-0.3, -0.25) is 4.79 Å². The van der Waals surface area contributed by atoms with Gasteiger partial charge in [-0.1, -0.05) is 76.7 Å². The molecule has 1 amide bonds. The fraction of sp³-hybridized carbons (Fsp3) is 0.118. The van der Waals surface area contributed by atoms with Gasteiger partial charge >= 0.3 is 0 Å². The SMILES string of the molecule is O=C1c2cc(Cl)c(Cl)cc2C(=C(Cl)Cl)N1CCc1ccccc1. The molecule has 118 valence electrons. The fourth-order valence-electron chi connectivity index (χ4n) is 2.61. The Morgan fingerprint density at radius 2 is 1.57 bits per heavy atom. The van der Waals surface area contributed by atoms with Gasteiger partial charge in [0.05, 0.1) is 21.3 Å². The summed E-state index contributed by atoms with van der Waals surface area (Å²) in [4.78, 5) is 14.2. The van der Waals surface area contributed by atoms with Crippen LogP contribution in [0.2, 0.25) is 10.0 Å². The second-order valence-corrected chi connectivity index (χ2v) is 6.88. The summed E-state index contributed by atoms with van der Waals surface area (Å²) in [6.07, 6.45) is 0.687. The van der Waals surface area contributed by atoms with Gasteiger partial charge in [0.1, 0.15) is 4.49 Å². The summed E-state index contributed by atoms with van der Waals surface area (Å²) >= 11 is 24.1. The Balaban J connectivity index is 1.95. The molecule has 6 heteroatoms. The van der Waals surface area contributed by atoms with Gasteiger partial charge in [0.15, 0.2) is 0 Å². The van der Waals surface area contributed by atoms with E-state index in [1.807, 2.05) is 30.3 Å². The number of hydrogen-bond donors (Lipinski definition) is 0. The molecule has 0 radical (unpaired) electrons. The third-order valence-electron chi connectivity index (χ3n) is 3.71. The van der Waals surface area contributed by atoms with E-state index in [-0.39, 0.29) is 10.4 Å². The van der Waals surface area contributed by atoms with E-state index >= 15 is 0 Å². The Hall–Kier alpha value is -1.19. The second-order valence-electron chi connectivity index (χ2n) is 5.11. The second kappa shape index (κ2) is 6.74. The smallest absolute Gasteiger partial charge is 0.259 e. The number of carbonyl (C=O) groups excluding carboxylic acids is 1. The van der Waals surface area contributed by atoms with E-state index in [2.05, 4.69) is 0 Å². The van der Waals surface area contributed by atoms with E-state index in [9.17, 15) is 4.79 Å². The van der Waals surface area contributed by atoms with Crippen molar-refractivity contribution in [1.82, 2.24) is 4.90 Å². The summed E-state index contributed by atoms with van der Waals surface area (Å²) in [6, 6.07) is 13.1.